The van der Waals surface area contributed by atoms with Crippen LogP contribution in [0.3, 0.4) is 0 Å². The van der Waals surface area contributed by atoms with Crippen LogP contribution in [0.1, 0.15) is 28.7 Å². The van der Waals surface area contributed by atoms with Gasteiger partial charge in [0.15, 0.2) is 0 Å². The molecule has 1 aromatic heterocycles. The highest BCUT2D eigenvalue weighted by Crippen LogP contribution is 2.15. The van der Waals surface area contributed by atoms with Gasteiger partial charge in [0.25, 0.3) is 0 Å². The molecular weight excluding hydrogens is 226 g/mol. The number of ether oxygens (including phenoxy) is 1. The van der Waals surface area contributed by atoms with E-state index in [1.807, 2.05) is 41.8 Å². The van der Waals surface area contributed by atoms with Gasteiger partial charge in [-0.05, 0) is 24.6 Å². The summed E-state index contributed by atoms with van der Waals surface area (Å²) in [5.41, 5.74) is 2.98. The summed E-state index contributed by atoms with van der Waals surface area (Å²) in [6, 6.07) is 14.0. The molecule has 1 heterocycles. The quantitative estimate of drug-likeness (QED) is 0.773. The second-order valence-electron chi connectivity index (χ2n) is 4.11. The molecule has 0 saturated carbocycles. The van der Waals surface area contributed by atoms with Crippen molar-refractivity contribution in [3.8, 4) is 0 Å². The van der Waals surface area contributed by atoms with Crippen molar-refractivity contribution in [3.05, 3.63) is 59.4 Å². The monoisotopic (exact) mass is 243 g/mol. The van der Waals surface area contributed by atoms with Crippen LogP contribution < -0.4 is 0 Å². The zero-order valence-corrected chi connectivity index (χ0v) is 10.7. The lowest BCUT2D eigenvalue weighted by Gasteiger charge is -2.10. The van der Waals surface area contributed by atoms with Crippen LogP contribution in [0.25, 0.3) is 0 Å². The third kappa shape index (κ3) is 2.45. The van der Waals surface area contributed by atoms with E-state index in [0.717, 1.165) is 18.7 Å². The molecule has 3 heteroatoms. The molecule has 0 amide bonds. The maximum atomic E-state index is 11.6. The van der Waals surface area contributed by atoms with E-state index < -0.39 is 0 Å². The van der Waals surface area contributed by atoms with Crippen LogP contribution in [0, 0.1) is 0 Å². The number of aromatic nitrogens is 1. The van der Waals surface area contributed by atoms with Crippen molar-refractivity contribution in [1.29, 1.82) is 0 Å². The van der Waals surface area contributed by atoms with E-state index in [4.69, 9.17) is 4.74 Å². The molecule has 0 aliphatic heterocycles. The van der Waals surface area contributed by atoms with E-state index in [9.17, 15) is 4.79 Å². The van der Waals surface area contributed by atoms with E-state index in [-0.39, 0.29) is 5.97 Å². The average Bonchev–Trinajstić information content (AvgIpc) is 2.81. The van der Waals surface area contributed by atoms with Gasteiger partial charge in [0.1, 0.15) is 5.69 Å². The maximum Gasteiger partial charge on any atom is 0.354 e. The van der Waals surface area contributed by atoms with Gasteiger partial charge in [-0.2, -0.15) is 0 Å². The Hall–Kier alpha value is -2.03. The fourth-order valence-electron chi connectivity index (χ4n) is 2.13. The summed E-state index contributed by atoms with van der Waals surface area (Å²) >= 11 is 0. The molecule has 0 saturated heterocycles. The van der Waals surface area contributed by atoms with Crippen LogP contribution in [-0.2, 0) is 17.7 Å². The molecule has 3 nitrogen and oxygen atoms in total. The summed E-state index contributed by atoms with van der Waals surface area (Å²) in [6.07, 6.45) is 0.825. The van der Waals surface area contributed by atoms with Crippen molar-refractivity contribution in [1.82, 2.24) is 4.57 Å². The van der Waals surface area contributed by atoms with Gasteiger partial charge in [-0.1, -0.05) is 30.3 Å². The van der Waals surface area contributed by atoms with Crippen molar-refractivity contribution in [2.24, 2.45) is 0 Å². The summed E-state index contributed by atoms with van der Waals surface area (Å²) in [7, 11) is 1.41. The zero-order chi connectivity index (χ0) is 13.0. The van der Waals surface area contributed by atoms with Gasteiger partial charge in [0, 0.05) is 18.7 Å². The Labute approximate surface area is 107 Å². The normalized spacial score (nSPS) is 10.3. The zero-order valence-electron chi connectivity index (χ0n) is 10.7. The molecule has 94 valence electrons. The Morgan fingerprint density at radius 3 is 2.50 bits per heavy atom. The first-order chi connectivity index (χ1) is 8.76. The Morgan fingerprint density at radius 1 is 1.17 bits per heavy atom. The fraction of sp³-hybridized carbons (Fsp3) is 0.267. The molecule has 0 aliphatic carbocycles. The van der Waals surface area contributed by atoms with E-state index in [2.05, 4.69) is 12.1 Å². The van der Waals surface area contributed by atoms with Crippen LogP contribution >= 0.6 is 0 Å². The number of methoxy groups -OCH3 is 1. The van der Waals surface area contributed by atoms with E-state index in [0.29, 0.717) is 5.69 Å². The van der Waals surface area contributed by atoms with Crippen molar-refractivity contribution >= 4 is 5.97 Å². The Balaban J connectivity index is 2.29. The minimum Gasteiger partial charge on any atom is -0.464 e. The van der Waals surface area contributed by atoms with Gasteiger partial charge in [-0.3, -0.25) is 0 Å². The highest BCUT2D eigenvalue weighted by Gasteiger charge is 2.14. The van der Waals surface area contributed by atoms with E-state index >= 15 is 0 Å². The second-order valence-corrected chi connectivity index (χ2v) is 4.11. The molecule has 0 aliphatic rings. The van der Waals surface area contributed by atoms with Crippen LogP contribution in [0.5, 0.6) is 0 Å². The van der Waals surface area contributed by atoms with Gasteiger partial charge in [0.05, 0.1) is 7.11 Å². The second kappa shape index (κ2) is 5.54. The molecule has 0 N–H and O–H groups in total. The van der Waals surface area contributed by atoms with Crippen LogP contribution in [0.2, 0.25) is 0 Å². The molecule has 2 aromatic rings. The van der Waals surface area contributed by atoms with Gasteiger partial charge in [0.2, 0.25) is 0 Å². The molecule has 0 bridgehead atoms. The molecule has 2 rings (SSSR count). The fourth-order valence-corrected chi connectivity index (χ4v) is 2.13. The van der Waals surface area contributed by atoms with Gasteiger partial charge < -0.3 is 9.30 Å². The van der Waals surface area contributed by atoms with Gasteiger partial charge in [-0.15, -0.1) is 0 Å². The minimum atomic E-state index is -0.281. The third-order valence-electron chi connectivity index (χ3n) is 3.01. The Morgan fingerprint density at radius 2 is 1.89 bits per heavy atom. The standard InChI is InChI=1S/C15H17NO2/c1-3-16-13(9-10-14(16)15(17)18-2)11-12-7-5-4-6-8-12/h4-10H,3,11H2,1-2H3. The first-order valence-corrected chi connectivity index (χ1v) is 6.07. The largest absolute Gasteiger partial charge is 0.464 e. The summed E-state index contributed by atoms with van der Waals surface area (Å²) in [5, 5.41) is 0. The molecule has 0 unspecified atom stereocenters. The maximum absolute atomic E-state index is 11.6. The van der Waals surface area contributed by atoms with Crippen LogP contribution in [0.15, 0.2) is 42.5 Å². The molecule has 0 spiro atoms. The number of hydrogen-bond acceptors (Lipinski definition) is 2. The molecular formula is C15H17NO2. The lowest BCUT2D eigenvalue weighted by atomic mass is 10.1. The smallest absolute Gasteiger partial charge is 0.354 e. The Kier molecular flexibility index (Phi) is 3.82. The minimum absolute atomic E-state index is 0.281. The first kappa shape index (κ1) is 12.4. The molecule has 0 radical (unpaired) electrons. The SMILES string of the molecule is CCn1c(Cc2ccccc2)ccc1C(=O)OC. The van der Waals surface area contributed by atoms with E-state index in [1.54, 1.807) is 0 Å². The lowest BCUT2D eigenvalue weighted by molar-refractivity contribution is 0.0588. The molecule has 18 heavy (non-hydrogen) atoms. The first-order valence-electron chi connectivity index (χ1n) is 6.07. The molecule has 1 aromatic carbocycles. The summed E-state index contributed by atoms with van der Waals surface area (Å²) in [4.78, 5) is 11.6. The Bertz CT molecular complexity index is 529. The summed E-state index contributed by atoms with van der Waals surface area (Å²) in [5.74, 6) is -0.281. The predicted octanol–water partition coefficient (Wildman–Crippen LogP) is 2.89. The number of nitrogens with zero attached hydrogens (tertiary/aromatic N) is 1. The number of rotatable bonds is 4. The topological polar surface area (TPSA) is 31.2 Å². The summed E-state index contributed by atoms with van der Waals surface area (Å²) < 4.78 is 6.78. The van der Waals surface area contributed by atoms with Gasteiger partial charge >= 0.3 is 5.97 Å². The van der Waals surface area contributed by atoms with Crippen LogP contribution in [-0.4, -0.2) is 17.6 Å². The highest BCUT2D eigenvalue weighted by atomic mass is 16.5. The van der Waals surface area contributed by atoms with Crippen molar-refractivity contribution in [3.63, 3.8) is 0 Å². The van der Waals surface area contributed by atoms with Crippen molar-refractivity contribution in [2.75, 3.05) is 7.11 Å². The number of carbonyl (C=O) groups is 1. The number of esters is 1. The lowest BCUT2D eigenvalue weighted by Crippen LogP contribution is -2.12. The molecule has 0 fully saturated rings. The van der Waals surface area contributed by atoms with Crippen molar-refractivity contribution < 1.29 is 9.53 Å². The van der Waals surface area contributed by atoms with Crippen molar-refractivity contribution in [2.45, 2.75) is 19.9 Å². The highest BCUT2D eigenvalue weighted by molar-refractivity contribution is 5.87. The molecule has 0 atom stereocenters. The predicted molar refractivity (Wildman–Crippen MR) is 70.7 cm³/mol. The third-order valence-corrected chi connectivity index (χ3v) is 3.01. The number of hydrogen-bond donors (Lipinski definition) is 0. The summed E-state index contributed by atoms with van der Waals surface area (Å²) in [6.45, 7) is 2.79. The van der Waals surface area contributed by atoms with Gasteiger partial charge in [-0.25, -0.2) is 4.79 Å². The van der Waals surface area contributed by atoms with E-state index in [1.165, 1.54) is 12.7 Å². The average molecular weight is 243 g/mol. The number of benzene rings is 1. The van der Waals surface area contributed by atoms with Crippen LogP contribution in [0.4, 0.5) is 0 Å². The number of carbonyl (C=O) groups excluding carboxylic acids is 1.